The maximum absolute atomic E-state index is 12.7. The van der Waals surface area contributed by atoms with Crippen molar-refractivity contribution in [2.24, 2.45) is 0 Å². The SMILES string of the molecule is O=C(NC[C@H](c1ccccc1Cl)N1CCCC1)c1n[nH]c2ccccc12. The molecule has 1 saturated heterocycles. The minimum absolute atomic E-state index is 0.0698. The summed E-state index contributed by atoms with van der Waals surface area (Å²) in [7, 11) is 0. The van der Waals surface area contributed by atoms with E-state index in [1.165, 1.54) is 12.8 Å². The van der Waals surface area contributed by atoms with Gasteiger partial charge in [-0.3, -0.25) is 14.8 Å². The average molecular weight is 369 g/mol. The Bertz CT molecular complexity index is 917. The van der Waals surface area contributed by atoms with Crippen molar-refractivity contribution in [3.8, 4) is 0 Å². The number of benzene rings is 2. The zero-order chi connectivity index (χ0) is 17.9. The van der Waals surface area contributed by atoms with Crippen LogP contribution in [0.4, 0.5) is 0 Å². The van der Waals surface area contributed by atoms with Crippen LogP contribution < -0.4 is 5.32 Å². The van der Waals surface area contributed by atoms with Crippen LogP contribution in [0.15, 0.2) is 48.5 Å². The highest BCUT2D eigenvalue weighted by atomic mass is 35.5. The number of hydrogen-bond acceptors (Lipinski definition) is 3. The Hall–Kier alpha value is -2.37. The molecule has 6 heteroatoms. The number of carbonyl (C=O) groups excluding carboxylic acids is 1. The number of nitrogens with one attached hydrogen (secondary N) is 2. The van der Waals surface area contributed by atoms with Gasteiger partial charge in [0.2, 0.25) is 0 Å². The molecule has 134 valence electrons. The lowest BCUT2D eigenvalue weighted by molar-refractivity contribution is 0.0934. The molecule has 26 heavy (non-hydrogen) atoms. The zero-order valence-corrected chi connectivity index (χ0v) is 15.2. The highest BCUT2D eigenvalue weighted by molar-refractivity contribution is 6.31. The van der Waals surface area contributed by atoms with Gasteiger partial charge in [-0.2, -0.15) is 5.10 Å². The van der Waals surface area contributed by atoms with Gasteiger partial charge < -0.3 is 5.32 Å². The summed E-state index contributed by atoms with van der Waals surface area (Å²) in [5.74, 6) is -0.168. The third kappa shape index (κ3) is 3.32. The van der Waals surface area contributed by atoms with Crippen LogP contribution in [0, 0.1) is 0 Å². The molecular weight excluding hydrogens is 348 g/mol. The normalized spacial score (nSPS) is 16.0. The van der Waals surface area contributed by atoms with Crippen molar-refractivity contribution >= 4 is 28.4 Å². The van der Waals surface area contributed by atoms with E-state index >= 15 is 0 Å². The van der Waals surface area contributed by atoms with Crippen molar-refractivity contribution in [1.82, 2.24) is 20.4 Å². The molecular formula is C20H21ClN4O. The van der Waals surface area contributed by atoms with Crippen LogP contribution in [0.2, 0.25) is 5.02 Å². The third-order valence-electron chi connectivity index (χ3n) is 4.99. The molecule has 1 aliphatic heterocycles. The van der Waals surface area contributed by atoms with Gasteiger partial charge in [-0.15, -0.1) is 0 Å². The molecule has 0 aliphatic carbocycles. The molecule has 1 fully saturated rings. The Kier molecular flexibility index (Phi) is 4.91. The van der Waals surface area contributed by atoms with E-state index in [0.717, 1.165) is 34.6 Å². The van der Waals surface area contributed by atoms with Gasteiger partial charge in [0, 0.05) is 17.0 Å². The number of halogens is 1. The minimum atomic E-state index is -0.168. The first kappa shape index (κ1) is 17.1. The quantitative estimate of drug-likeness (QED) is 0.720. The topological polar surface area (TPSA) is 61.0 Å². The number of aromatic nitrogens is 2. The predicted octanol–water partition coefficient (Wildman–Crippen LogP) is 3.78. The molecule has 2 N–H and O–H groups in total. The Morgan fingerprint density at radius 3 is 2.69 bits per heavy atom. The maximum Gasteiger partial charge on any atom is 0.272 e. The molecule has 1 aromatic heterocycles. The number of aromatic amines is 1. The van der Waals surface area contributed by atoms with E-state index in [-0.39, 0.29) is 11.9 Å². The van der Waals surface area contributed by atoms with Gasteiger partial charge in [0.05, 0.1) is 11.6 Å². The van der Waals surface area contributed by atoms with Gasteiger partial charge in [-0.1, -0.05) is 48.0 Å². The van der Waals surface area contributed by atoms with Crippen LogP contribution in [0.25, 0.3) is 10.9 Å². The van der Waals surface area contributed by atoms with E-state index in [4.69, 9.17) is 11.6 Å². The summed E-state index contributed by atoms with van der Waals surface area (Å²) < 4.78 is 0. The van der Waals surface area contributed by atoms with Crippen LogP contribution in [-0.4, -0.2) is 40.6 Å². The van der Waals surface area contributed by atoms with Gasteiger partial charge in [-0.25, -0.2) is 0 Å². The highest BCUT2D eigenvalue weighted by Crippen LogP contribution is 2.29. The van der Waals surface area contributed by atoms with Crippen molar-refractivity contribution in [3.05, 3.63) is 64.8 Å². The average Bonchev–Trinajstić information content (AvgIpc) is 3.33. The summed E-state index contributed by atoms with van der Waals surface area (Å²) in [6, 6.07) is 15.6. The van der Waals surface area contributed by atoms with Crippen molar-refractivity contribution < 1.29 is 4.79 Å². The molecule has 0 spiro atoms. The zero-order valence-electron chi connectivity index (χ0n) is 14.4. The van der Waals surface area contributed by atoms with Gasteiger partial charge in [-0.05, 0) is 43.6 Å². The molecule has 1 amide bonds. The van der Waals surface area contributed by atoms with Crippen LogP contribution >= 0.6 is 11.6 Å². The summed E-state index contributed by atoms with van der Waals surface area (Å²) in [6.45, 7) is 2.55. The number of carbonyl (C=O) groups is 1. The van der Waals surface area contributed by atoms with Crippen LogP contribution in [-0.2, 0) is 0 Å². The van der Waals surface area contributed by atoms with E-state index in [2.05, 4.69) is 20.4 Å². The first-order valence-electron chi connectivity index (χ1n) is 8.94. The fourth-order valence-corrected chi connectivity index (χ4v) is 3.91. The number of amides is 1. The molecule has 0 unspecified atom stereocenters. The maximum atomic E-state index is 12.7. The molecule has 0 radical (unpaired) electrons. The lowest BCUT2D eigenvalue weighted by Gasteiger charge is -2.28. The Labute approximate surface area is 157 Å². The van der Waals surface area contributed by atoms with Gasteiger partial charge in [0.25, 0.3) is 5.91 Å². The van der Waals surface area contributed by atoms with Crippen LogP contribution in [0.1, 0.15) is 34.9 Å². The fraction of sp³-hybridized carbons (Fsp3) is 0.300. The fourth-order valence-electron chi connectivity index (χ4n) is 3.64. The van der Waals surface area contributed by atoms with Crippen LogP contribution in [0.5, 0.6) is 0 Å². The molecule has 4 rings (SSSR count). The molecule has 5 nitrogen and oxygen atoms in total. The molecule has 0 bridgehead atoms. The molecule has 1 aliphatic rings. The van der Waals surface area contributed by atoms with Gasteiger partial charge >= 0.3 is 0 Å². The molecule has 2 aromatic carbocycles. The smallest absolute Gasteiger partial charge is 0.272 e. The molecule has 2 heterocycles. The summed E-state index contributed by atoms with van der Waals surface area (Å²) in [5.41, 5.74) is 2.35. The Balaban J connectivity index is 1.54. The largest absolute Gasteiger partial charge is 0.349 e. The van der Waals surface area contributed by atoms with Gasteiger partial charge in [0.15, 0.2) is 5.69 Å². The summed E-state index contributed by atoms with van der Waals surface area (Å²) in [6.07, 6.45) is 2.36. The molecule has 3 aromatic rings. The van der Waals surface area contributed by atoms with E-state index in [9.17, 15) is 4.79 Å². The first-order valence-corrected chi connectivity index (χ1v) is 9.31. The predicted molar refractivity (Wildman–Crippen MR) is 103 cm³/mol. The second-order valence-electron chi connectivity index (χ2n) is 6.61. The van der Waals surface area contributed by atoms with Crippen molar-refractivity contribution in [1.29, 1.82) is 0 Å². The first-order chi connectivity index (χ1) is 12.7. The summed E-state index contributed by atoms with van der Waals surface area (Å²) >= 11 is 6.43. The number of nitrogens with zero attached hydrogens (tertiary/aromatic N) is 2. The highest BCUT2D eigenvalue weighted by Gasteiger charge is 2.26. The Morgan fingerprint density at radius 2 is 1.88 bits per heavy atom. The second kappa shape index (κ2) is 7.48. The Morgan fingerprint density at radius 1 is 1.15 bits per heavy atom. The van der Waals surface area contributed by atoms with E-state index in [0.29, 0.717) is 12.2 Å². The number of fused-ring (bicyclic) bond motifs is 1. The van der Waals surface area contributed by atoms with Crippen molar-refractivity contribution in [2.75, 3.05) is 19.6 Å². The lowest BCUT2D eigenvalue weighted by atomic mass is 10.1. The van der Waals surface area contributed by atoms with E-state index in [1.54, 1.807) is 0 Å². The number of hydrogen-bond donors (Lipinski definition) is 2. The standard InChI is InChI=1S/C20H21ClN4O/c21-16-9-3-1-7-14(16)18(25-11-5-6-12-25)13-22-20(26)19-15-8-2-4-10-17(15)23-24-19/h1-4,7-10,18H,5-6,11-13H2,(H,22,26)(H,23,24)/t18-/m1/s1. The lowest BCUT2D eigenvalue weighted by Crippen LogP contribution is -2.37. The van der Waals surface area contributed by atoms with Crippen molar-refractivity contribution in [3.63, 3.8) is 0 Å². The molecule has 1 atom stereocenters. The van der Waals surface area contributed by atoms with E-state index in [1.807, 2.05) is 48.5 Å². The van der Waals surface area contributed by atoms with Crippen LogP contribution in [0.3, 0.4) is 0 Å². The number of likely N-dealkylation sites (tertiary alicyclic amines) is 1. The van der Waals surface area contributed by atoms with Crippen molar-refractivity contribution in [2.45, 2.75) is 18.9 Å². The summed E-state index contributed by atoms with van der Waals surface area (Å²) in [4.78, 5) is 15.1. The van der Waals surface area contributed by atoms with E-state index < -0.39 is 0 Å². The second-order valence-corrected chi connectivity index (χ2v) is 7.02. The number of rotatable bonds is 5. The monoisotopic (exact) mass is 368 g/mol. The molecule has 0 saturated carbocycles. The number of para-hydroxylation sites is 1. The summed E-state index contributed by atoms with van der Waals surface area (Å²) in [5, 5.41) is 11.7. The minimum Gasteiger partial charge on any atom is -0.349 e. The number of H-pyrrole nitrogens is 1. The van der Waals surface area contributed by atoms with Gasteiger partial charge in [0.1, 0.15) is 0 Å². The third-order valence-corrected chi connectivity index (χ3v) is 5.33.